The average Bonchev–Trinajstić information content (AvgIpc) is 2.88. The van der Waals surface area contributed by atoms with Gasteiger partial charge in [0.05, 0.1) is 4.90 Å². The summed E-state index contributed by atoms with van der Waals surface area (Å²) in [6.07, 6.45) is 4.82. The lowest BCUT2D eigenvalue weighted by Gasteiger charge is -2.10. The van der Waals surface area contributed by atoms with Crippen LogP contribution < -0.4 is 5.32 Å². The minimum atomic E-state index is -3.73. The number of carbonyl (C=O) groups is 1. The number of benzene rings is 1. The quantitative estimate of drug-likeness (QED) is 0.869. The minimum absolute atomic E-state index is 0.00140. The van der Waals surface area contributed by atoms with Gasteiger partial charge in [-0.2, -0.15) is 0 Å². The van der Waals surface area contributed by atoms with Crippen molar-refractivity contribution in [3.8, 4) is 0 Å². The predicted octanol–water partition coefficient (Wildman–Crippen LogP) is 2.53. The third kappa shape index (κ3) is 3.94. The van der Waals surface area contributed by atoms with Crippen molar-refractivity contribution >= 4 is 25.6 Å². The zero-order chi connectivity index (χ0) is 13.9. The van der Waals surface area contributed by atoms with Gasteiger partial charge in [-0.3, -0.25) is 4.79 Å². The molecule has 0 saturated heterocycles. The molecule has 2 rings (SSSR count). The second-order valence-corrected chi connectivity index (χ2v) is 7.39. The monoisotopic (exact) mass is 301 g/mol. The smallest absolute Gasteiger partial charge is 0.261 e. The summed E-state index contributed by atoms with van der Waals surface area (Å²) in [5.41, 5.74) is 0.446. The predicted molar refractivity (Wildman–Crippen MR) is 73.8 cm³/mol. The third-order valence-electron chi connectivity index (χ3n) is 3.42. The van der Waals surface area contributed by atoms with Crippen LogP contribution in [0.2, 0.25) is 0 Å². The van der Waals surface area contributed by atoms with E-state index in [0.29, 0.717) is 18.0 Å². The molecule has 1 aromatic carbocycles. The van der Waals surface area contributed by atoms with Crippen LogP contribution in [0.25, 0.3) is 0 Å². The molecule has 1 fully saturated rings. The summed E-state index contributed by atoms with van der Waals surface area (Å²) in [6, 6.07) is 5.62. The van der Waals surface area contributed by atoms with Crippen molar-refractivity contribution in [1.29, 1.82) is 0 Å². The first kappa shape index (κ1) is 14.3. The van der Waals surface area contributed by atoms with Crippen LogP contribution in [0.1, 0.15) is 36.0 Å². The van der Waals surface area contributed by atoms with Crippen molar-refractivity contribution < 1.29 is 13.2 Å². The van der Waals surface area contributed by atoms with E-state index in [1.807, 2.05) is 0 Å². The molecular formula is C13H16ClNO3S. The molecule has 0 atom stereocenters. The number of nitrogens with one attached hydrogen (secondary N) is 1. The van der Waals surface area contributed by atoms with E-state index in [0.717, 1.165) is 0 Å². The summed E-state index contributed by atoms with van der Waals surface area (Å²) in [7, 11) is 1.48. The Labute approximate surface area is 117 Å². The Kier molecular flexibility index (Phi) is 4.47. The zero-order valence-corrected chi connectivity index (χ0v) is 12.0. The van der Waals surface area contributed by atoms with Crippen molar-refractivity contribution in [3.05, 3.63) is 29.8 Å². The van der Waals surface area contributed by atoms with E-state index in [4.69, 9.17) is 10.7 Å². The highest BCUT2D eigenvalue weighted by atomic mass is 35.7. The largest absolute Gasteiger partial charge is 0.352 e. The Morgan fingerprint density at radius 2 is 1.79 bits per heavy atom. The van der Waals surface area contributed by atoms with Crippen molar-refractivity contribution in [3.63, 3.8) is 0 Å². The van der Waals surface area contributed by atoms with Crippen LogP contribution in [-0.2, 0) is 9.05 Å². The molecule has 0 bridgehead atoms. The van der Waals surface area contributed by atoms with E-state index >= 15 is 0 Å². The highest BCUT2D eigenvalue weighted by Crippen LogP contribution is 2.23. The molecular weight excluding hydrogens is 286 g/mol. The molecule has 4 nitrogen and oxygen atoms in total. The molecule has 1 saturated carbocycles. The number of rotatable bonds is 4. The first-order valence-electron chi connectivity index (χ1n) is 6.30. The van der Waals surface area contributed by atoms with Crippen LogP contribution in [0.15, 0.2) is 29.2 Å². The minimum Gasteiger partial charge on any atom is -0.352 e. The van der Waals surface area contributed by atoms with Gasteiger partial charge in [0, 0.05) is 22.8 Å². The lowest BCUT2D eigenvalue weighted by molar-refractivity contribution is 0.0947. The maximum absolute atomic E-state index is 11.9. The van der Waals surface area contributed by atoms with Gasteiger partial charge in [-0.1, -0.05) is 12.8 Å². The van der Waals surface area contributed by atoms with Crippen LogP contribution in [0, 0.1) is 5.92 Å². The number of amides is 1. The molecule has 0 heterocycles. The average molecular weight is 302 g/mol. The second kappa shape index (κ2) is 5.92. The van der Waals surface area contributed by atoms with Gasteiger partial charge in [0.25, 0.3) is 15.0 Å². The lowest BCUT2D eigenvalue weighted by Crippen LogP contribution is -2.28. The Morgan fingerprint density at radius 1 is 1.21 bits per heavy atom. The van der Waals surface area contributed by atoms with Crippen LogP contribution in [0.3, 0.4) is 0 Å². The van der Waals surface area contributed by atoms with Crippen molar-refractivity contribution in [1.82, 2.24) is 5.32 Å². The molecule has 1 aliphatic carbocycles. The van der Waals surface area contributed by atoms with E-state index < -0.39 is 9.05 Å². The molecule has 6 heteroatoms. The van der Waals surface area contributed by atoms with Crippen LogP contribution in [0.5, 0.6) is 0 Å². The van der Waals surface area contributed by atoms with E-state index in [1.54, 1.807) is 0 Å². The van der Waals surface area contributed by atoms with Crippen molar-refractivity contribution in [2.24, 2.45) is 5.92 Å². The topological polar surface area (TPSA) is 63.2 Å². The molecule has 19 heavy (non-hydrogen) atoms. The summed E-state index contributed by atoms with van der Waals surface area (Å²) in [5.74, 6) is 0.400. The molecule has 0 aromatic heterocycles. The fraction of sp³-hybridized carbons (Fsp3) is 0.462. The molecule has 0 radical (unpaired) electrons. The van der Waals surface area contributed by atoms with Crippen molar-refractivity contribution in [2.45, 2.75) is 30.6 Å². The summed E-state index contributed by atoms with van der Waals surface area (Å²) < 4.78 is 22.2. The normalized spacial score (nSPS) is 16.5. The number of hydrogen-bond acceptors (Lipinski definition) is 3. The lowest BCUT2D eigenvalue weighted by atomic mass is 10.1. The summed E-state index contributed by atoms with van der Waals surface area (Å²) in [4.78, 5) is 11.9. The fourth-order valence-electron chi connectivity index (χ4n) is 2.32. The van der Waals surface area contributed by atoms with E-state index in [2.05, 4.69) is 5.32 Å². The summed E-state index contributed by atoms with van der Waals surface area (Å²) in [5, 5.41) is 2.88. The van der Waals surface area contributed by atoms with Gasteiger partial charge in [-0.25, -0.2) is 8.42 Å². The van der Waals surface area contributed by atoms with E-state index in [1.165, 1.54) is 49.9 Å². The first-order chi connectivity index (χ1) is 8.97. The highest BCUT2D eigenvalue weighted by Gasteiger charge is 2.16. The third-order valence-corrected chi connectivity index (χ3v) is 4.79. The van der Waals surface area contributed by atoms with Crippen LogP contribution in [0.4, 0.5) is 0 Å². The molecule has 1 N–H and O–H groups in total. The summed E-state index contributed by atoms with van der Waals surface area (Å²) >= 11 is 0. The fourth-order valence-corrected chi connectivity index (χ4v) is 3.09. The Morgan fingerprint density at radius 3 is 2.32 bits per heavy atom. The second-order valence-electron chi connectivity index (χ2n) is 4.82. The van der Waals surface area contributed by atoms with Crippen LogP contribution in [-0.4, -0.2) is 20.9 Å². The number of carbonyl (C=O) groups excluding carboxylic acids is 1. The summed E-state index contributed by atoms with van der Waals surface area (Å²) in [6.45, 7) is 0.689. The highest BCUT2D eigenvalue weighted by molar-refractivity contribution is 8.13. The molecule has 104 valence electrons. The van der Waals surface area contributed by atoms with Gasteiger partial charge in [-0.15, -0.1) is 0 Å². The SMILES string of the molecule is O=C(NCC1CCCC1)c1ccc(S(=O)(=O)Cl)cc1. The van der Waals surface area contributed by atoms with Gasteiger partial charge in [0.15, 0.2) is 0 Å². The van der Waals surface area contributed by atoms with Gasteiger partial charge < -0.3 is 5.32 Å². The molecule has 1 aliphatic rings. The molecule has 1 amide bonds. The number of halogens is 1. The maximum atomic E-state index is 11.9. The van der Waals surface area contributed by atoms with Crippen molar-refractivity contribution in [2.75, 3.05) is 6.54 Å². The Balaban J connectivity index is 1.95. The molecule has 1 aromatic rings. The Hall–Kier alpha value is -1.07. The van der Waals surface area contributed by atoms with Gasteiger partial charge in [0.1, 0.15) is 0 Å². The molecule has 0 spiro atoms. The number of hydrogen-bond donors (Lipinski definition) is 1. The van der Waals surface area contributed by atoms with Gasteiger partial charge in [-0.05, 0) is 43.0 Å². The standard InChI is InChI=1S/C13H16ClNO3S/c14-19(17,18)12-7-5-11(6-8-12)13(16)15-9-10-3-1-2-4-10/h5-8,10H,1-4,9H2,(H,15,16). The van der Waals surface area contributed by atoms with Gasteiger partial charge >= 0.3 is 0 Å². The van der Waals surface area contributed by atoms with Crippen LogP contribution >= 0.6 is 10.7 Å². The molecule has 0 aliphatic heterocycles. The van der Waals surface area contributed by atoms with Gasteiger partial charge in [0.2, 0.25) is 0 Å². The zero-order valence-electron chi connectivity index (χ0n) is 10.4. The molecule has 0 unspecified atom stereocenters. The van der Waals surface area contributed by atoms with E-state index in [-0.39, 0.29) is 10.8 Å². The maximum Gasteiger partial charge on any atom is 0.261 e. The first-order valence-corrected chi connectivity index (χ1v) is 8.60. The van der Waals surface area contributed by atoms with E-state index in [9.17, 15) is 13.2 Å². The Bertz CT molecular complexity index is 548.